The largest absolute Gasteiger partial charge is 0.459 e. The molecule has 6 unspecified atom stereocenters. The van der Waals surface area contributed by atoms with E-state index in [-0.39, 0.29) is 70.5 Å². The number of allylic oxidation sites excluding steroid dienone is 1. The Bertz CT molecular complexity index is 2720. The van der Waals surface area contributed by atoms with Gasteiger partial charge in [-0.1, -0.05) is 109 Å². The molecule has 2 aliphatic carbocycles. The summed E-state index contributed by atoms with van der Waals surface area (Å²) >= 11 is 0. The van der Waals surface area contributed by atoms with E-state index >= 15 is 4.79 Å². The summed E-state index contributed by atoms with van der Waals surface area (Å²) in [6.07, 6.45) is 8.10. The molecule has 4 aliphatic rings. The van der Waals surface area contributed by atoms with E-state index in [4.69, 9.17) is 43.2 Å². The molecule has 0 spiro atoms. The van der Waals surface area contributed by atoms with Crippen LogP contribution in [0.25, 0.3) is 11.1 Å². The van der Waals surface area contributed by atoms with Gasteiger partial charge >= 0.3 is 6.09 Å². The number of carbonyl (C=O) groups excluding carboxylic acids is 1. The zero-order chi connectivity index (χ0) is 51.5. The van der Waals surface area contributed by atoms with Crippen LogP contribution in [0.15, 0.2) is 151 Å². The van der Waals surface area contributed by atoms with Crippen LogP contribution in [-0.2, 0) is 32.2 Å². The molecule has 0 radical (unpaired) electrons. The fourth-order valence-corrected chi connectivity index (χ4v) is 11.0. The van der Waals surface area contributed by atoms with Crippen molar-refractivity contribution in [2.75, 3.05) is 39.8 Å². The van der Waals surface area contributed by atoms with Crippen molar-refractivity contribution in [3.63, 3.8) is 0 Å². The van der Waals surface area contributed by atoms with Gasteiger partial charge in [0.05, 0.1) is 31.5 Å². The monoisotopic (exact) mass is 1010 g/mol. The molecule has 2 heterocycles. The highest BCUT2D eigenvalue weighted by Gasteiger charge is 2.66. The second kappa shape index (κ2) is 24.1. The summed E-state index contributed by atoms with van der Waals surface area (Å²) in [5, 5.41) is 25.2. The number of fused-ring (bicyclic) bond motifs is 3. The number of rotatable bonds is 23. The van der Waals surface area contributed by atoms with Crippen LogP contribution in [-0.4, -0.2) is 84.2 Å². The number of benzene rings is 5. The third-order valence-corrected chi connectivity index (χ3v) is 14.2. The molecule has 9 rings (SSSR count). The Labute approximate surface area is 435 Å². The van der Waals surface area contributed by atoms with Crippen molar-refractivity contribution in [1.29, 1.82) is 0 Å². The Balaban J connectivity index is 1.17. The van der Waals surface area contributed by atoms with E-state index in [1.165, 1.54) is 0 Å². The number of amides is 1. The molecule has 1 fully saturated rings. The van der Waals surface area contributed by atoms with Crippen molar-refractivity contribution in [3.05, 3.63) is 162 Å². The normalized spacial score (nSPS) is 21.9. The van der Waals surface area contributed by atoms with Crippen molar-refractivity contribution in [2.24, 2.45) is 22.9 Å². The smallest absolute Gasteiger partial charge is 0.410 e. The van der Waals surface area contributed by atoms with Crippen molar-refractivity contribution in [3.8, 4) is 39.9 Å². The van der Waals surface area contributed by atoms with Gasteiger partial charge in [0.25, 0.3) is 0 Å². The van der Waals surface area contributed by atoms with Crippen LogP contribution in [0.2, 0.25) is 0 Å². The van der Waals surface area contributed by atoms with Gasteiger partial charge in [-0.3, -0.25) is 4.90 Å². The van der Waals surface area contributed by atoms with Gasteiger partial charge in [0, 0.05) is 37.7 Å². The fourth-order valence-electron chi connectivity index (χ4n) is 11.0. The quantitative estimate of drug-likeness (QED) is 0.0366. The molecular weight excluding hydrogens is 937 g/mol. The highest BCUT2D eigenvalue weighted by Crippen LogP contribution is 2.62. The molecule has 13 nitrogen and oxygen atoms in total. The van der Waals surface area contributed by atoms with E-state index in [0.717, 1.165) is 59.1 Å². The van der Waals surface area contributed by atoms with Crippen LogP contribution in [0.1, 0.15) is 88.3 Å². The Morgan fingerprint density at radius 2 is 1.50 bits per heavy atom. The summed E-state index contributed by atoms with van der Waals surface area (Å²) in [4.78, 5) is 23.3. The second-order valence-electron chi connectivity index (χ2n) is 20.4. The van der Waals surface area contributed by atoms with Gasteiger partial charge in [-0.15, -0.1) is 6.58 Å². The lowest BCUT2D eigenvalue weighted by atomic mass is 9.55. The van der Waals surface area contributed by atoms with Crippen molar-refractivity contribution in [2.45, 2.75) is 102 Å². The zero-order valence-corrected chi connectivity index (χ0v) is 42.9. The maximum absolute atomic E-state index is 15.2. The average Bonchev–Trinajstić information content (AvgIpc) is 3.91. The number of unbranched alkanes of at least 4 members (excludes halogenated alkanes) is 2. The van der Waals surface area contributed by atoms with Gasteiger partial charge in [-0.25, -0.2) is 4.79 Å². The number of carbonyl (C=O) groups is 1. The second-order valence-corrected chi connectivity index (χ2v) is 20.4. The number of nitrogens with zero attached hydrogens (tertiary/aromatic N) is 2. The topological polar surface area (TPSA) is 147 Å². The fraction of sp³-hybridized carbons (Fsp3) is 0.410. The predicted molar refractivity (Wildman–Crippen MR) is 283 cm³/mol. The van der Waals surface area contributed by atoms with Gasteiger partial charge in [-0.2, -0.15) is 0 Å². The van der Waals surface area contributed by atoms with Crippen LogP contribution < -0.4 is 18.9 Å². The lowest BCUT2D eigenvalue weighted by Crippen LogP contribution is -2.70. The summed E-state index contributed by atoms with van der Waals surface area (Å²) in [7, 11) is 0. The number of oxime groups is 1. The van der Waals surface area contributed by atoms with E-state index in [9.17, 15) is 10.2 Å². The van der Waals surface area contributed by atoms with Gasteiger partial charge in [0.1, 0.15) is 35.5 Å². The molecule has 390 valence electrons. The van der Waals surface area contributed by atoms with Crippen molar-refractivity contribution >= 4 is 11.8 Å². The molecular formula is C61H70N2O11. The van der Waals surface area contributed by atoms with Crippen LogP contribution in [0.4, 0.5) is 4.79 Å². The highest BCUT2D eigenvalue weighted by atomic mass is 16.7. The standard InChI is InChI=1S/C61H70N2O11/c1-5-32-71-61-56(63(39-43-22-28-54-55(35-43)70-41-69-54)59(66)68-34-33-67-40-42-16-8-6-9-17-42)38-52(62-74-60(2,3)4)50-36-46(20-12-14-30-64)49(21-13-15-31-65)57(58(50)61)51-37-48(27-29-53(51)73-61)72-47-25-23-45(24-26-47)44-18-10-7-11-19-44/h5-11,16-19,22-29,35-37,46,49,56-58,64-65H,1,12-15,20-21,30-34,38-41H2,2-4H3. The summed E-state index contributed by atoms with van der Waals surface area (Å²) < 4.78 is 45.2. The molecule has 1 amide bonds. The van der Waals surface area contributed by atoms with Gasteiger partial charge < -0.3 is 48.2 Å². The molecule has 2 N–H and O–H groups in total. The first-order valence-corrected chi connectivity index (χ1v) is 26.1. The molecule has 0 saturated heterocycles. The van der Waals surface area contributed by atoms with Crippen LogP contribution >= 0.6 is 0 Å². The Kier molecular flexibility index (Phi) is 17.0. The minimum absolute atomic E-state index is 0.00307. The third kappa shape index (κ3) is 12.1. The molecule has 0 aromatic heterocycles. The maximum atomic E-state index is 15.2. The Hall–Kier alpha value is -6.64. The molecule has 6 atom stereocenters. The van der Waals surface area contributed by atoms with Crippen LogP contribution in [0.3, 0.4) is 0 Å². The molecule has 2 aliphatic heterocycles. The lowest BCUT2D eigenvalue weighted by molar-refractivity contribution is -0.256. The van der Waals surface area contributed by atoms with E-state index in [1.807, 2.05) is 112 Å². The minimum atomic E-state index is -1.53. The Morgan fingerprint density at radius 1 is 0.797 bits per heavy atom. The molecule has 1 saturated carbocycles. The first kappa shape index (κ1) is 52.2. The van der Waals surface area contributed by atoms with Gasteiger partial charge in [0.15, 0.2) is 11.5 Å². The minimum Gasteiger partial charge on any atom is -0.459 e. The highest BCUT2D eigenvalue weighted by molar-refractivity contribution is 6.03. The molecule has 5 aromatic rings. The van der Waals surface area contributed by atoms with E-state index < -0.39 is 29.4 Å². The van der Waals surface area contributed by atoms with E-state index in [0.29, 0.717) is 53.9 Å². The zero-order valence-electron chi connectivity index (χ0n) is 42.9. The molecule has 13 heteroatoms. The number of ether oxygens (including phenoxy) is 7. The van der Waals surface area contributed by atoms with Crippen LogP contribution in [0, 0.1) is 17.8 Å². The SMILES string of the molecule is C=CCOC12Oc3ccc(Oc4ccc(-c5ccccc5)cc4)cc3C3C(CCCCO)C(CCCCO)C=C(C(=NOC(C)(C)C)CC1N(Cc1ccc4c(c1)OCO4)C(=O)OCCOCc1ccccc1)C32. The maximum Gasteiger partial charge on any atom is 0.410 e. The number of hydrogen-bond acceptors (Lipinski definition) is 12. The van der Waals surface area contributed by atoms with Crippen molar-refractivity contribution in [1.82, 2.24) is 4.90 Å². The van der Waals surface area contributed by atoms with E-state index in [1.54, 1.807) is 11.0 Å². The van der Waals surface area contributed by atoms with E-state index in [2.05, 4.69) is 43.0 Å². The third-order valence-electron chi connectivity index (χ3n) is 14.2. The summed E-state index contributed by atoms with van der Waals surface area (Å²) in [6.45, 7) is 11.0. The molecule has 0 bridgehead atoms. The van der Waals surface area contributed by atoms with Crippen molar-refractivity contribution < 1.29 is 53.0 Å². The first-order valence-electron chi connectivity index (χ1n) is 26.1. The molecule has 5 aromatic carbocycles. The molecule has 74 heavy (non-hydrogen) atoms. The first-order chi connectivity index (χ1) is 36.1. The average molecular weight is 1010 g/mol. The lowest BCUT2D eigenvalue weighted by Gasteiger charge is -2.60. The van der Waals surface area contributed by atoms with Gasteiger partial charge in [0.2, 0.25) is 12.6 Å². The Morgan fingerprint density at radius 3 is 2.24 bits per heavy atom. The number of hydrogen-bond donors (Lipinski definition) is 2. The number of aliphatic hydroxyl groups is 2. The van der Waals surface area contributed by atoms with Gasteiger partial charge in [-0.05, 0) is 129 Å². The summed E-state index contributed by atoms with van der Waals surface area (Å²) in [6, 6.07) is 39.0. The van der Waals surface area contributed by atoms with Crippen LogP contribution in [0.5, 0.6) is 28.7 Å². The summed E-state index contributed by atoms with van der Waals surface area (Å²) in [5.74, 6) is 0.817. The number of aliphatic hydroxyl groups excluding tert-OH is 2. The summed E-state index contributed by atoms with van der Waals surface area (Å²) in [5.41, 5.74) is 5.87. The predicted octanol–water partition coefficient (Wildman–Crippen LogP) is 12.2.